The van der Waals surface area contributed by atoms with Gasteiger partial charge in [0.1, 0.15) is 5.69 Å². The molecule has 0 spiro atoms. The number of methoxy groups -OCH3 is 2. The highest BCUT2D eigenvalue weighted by molar-refractivity contribution is 5.98. The van der Waals surface area contributed by atoms with Gasteiger partial charge in [0, 0.05) is 18.5 Å². The molecule has 0 atom stereocenters. The lowest BCUT2D eigenvalue weighted by Gasteiger charge is -2.08. The molecule has 0 saturated carbocycles. The molecule has 2 aromatic rings. The number of rotatable bonds is 3. The quantitative estimate of drug-likeness (QED) is 0.870. The van der Waals surface area contributed by atoms with Gasteiger partial charge in [-0.3, -0.25) is 4.79 Å². The van der Waals surface area contributed by atoms with E-state index in [0.717, 1.165) is 10.9 Å². The molecule has 1 heterocycles. The number of hydrogen-bond acceptors (Lipinski definition) is 3. The summed E-state index contributed by atoms with van der Waals surface area (Å²) >= 11 is 0. The van der Waals surface area contributed by atoms with Crippen molar-refractivity contribution >= 4 is 16.8 Å². The standard InChI is InChI=1S/C12H14N2O3/c1-14-8-6-11(17-3)10(16-2)5-7(8)4-9(14)12(13)15/h4-6H,1-3H3,(H2,13,15). The molecule has 0 aliphatic carbocycles. The summed E-state index contributed by atoms with van der Waals surface area (Å²) in [6.07, 6.45) is 0. The number of aromatic nitrogens is 1. The summed E-state index contributed by atoms with van der Waals surface area (Å²) in [5.41, 5.74) is 6.62. The van der Waals surface area contributed by atoms with Crippen LogP contribution in [0, 0.1) is 0 Å². The Bertz CT molecular complexity index is 587. The molecule has 0 bridgehead atoms. The van der Waals surface area contributed by atoms with Crippen molar-refractivity contribution < 1.29 is 14.3 Å². The highest BCUT2D eigenvalue weighted by Crippen LogP contribution is 2.33. The summed E-state index contributed by atoms with van der Waals surface area (Å²) in [7, 11) is 4.93. The van der Waals surface area contributed by atoms with Crippen LogP contribution in [0.25, 0.3) is 10.9 Å². The Labute approximate surface area is 98.7 Å². The van der Waals surface area contributed by atoms with E-state index in [0.29, 0.717) is 17.2 Å². The zero-order chi connectivity index (χ0) is 12.6. The second-order valence-corrected chi connectivity index (χ2v) is 3.72. The van der Waals surface area contributed by atoms with Crippen molar-refractivity contribution in [2.75, 3.05) is 14.2 Å². The minimum atomic E-state index is -0.457. The van der Waals surface area contributed by atoms with Gasteiger partial charge in [-0.15, -0.1) is 0 Å². The molecule has 0 aliphatic heterocycles. The first-order valence-electron chi connectivity index (χ1n) is 5.09. The lowest BCUT2D eigenvalue weighted by atomic mass is 10.2. The van der Waals surface area contributed by atoms with Crippen molar-refractivity contribution in [1.82, 2.24) is 4.57 Å². The van der Waals surface area contributed by atoms with Crippen LogP contribution in [0.1, 0.15) is 10.5 Å². The van der Waals surface area contributed by atoms with Crippen molar-refractivity contribution in [2.24, 2.45) is 12.8 Å². The average molecular weight is 234 g/mol. The number of ether oxygens (including phenoxy) is 2. The van der Waals surface area contributed by atoms with Crippen LogP contribution in [-0.4, -0.2) is 24.7 Å². The maximum absolute atomic E-state index is 11.2. The van der Waals surface area contributed by atoms with Crippen LogP contribution < -0.4 is 15.2 Å². The fourth-order valence-electron chi connectivity index (χ4n) is 1.90. The van der Waals surface area contributed by atoms with Crippen LogP contribution in [0.5, 0.6) is 11.5 Å². The first-order valence-corrected chi connectivity index (χ1v) is 5.09. The molecule has 0 aliphatic rings. The predicted molar refractivity (Wildman–Crippen MR) is 64.5 cm³/mol. The first-order chi connectivity index (χ1) is 8.08. The Morgan fingerprint density at radius 2 is 1.76 bits per heavy atom. The Balaban J connectivity index is 2.75. The molecule has 0 saturated heterocycles. The number of nitrogens with two attached hydrogens (primary N) is 1. The minimum absolute atomic E-state index is 0.454. The van der Waals surface area contributed by atoms with Gasteiger partial charge in [0.15, 0.2) is 11.5 Å². The lowest BCUT2D eigenvalue weighted by molar-refractivity contribution is 0.0993. The Kier molecular flexibility index (Phi) is 2.67. The van der Waals surface area contributed by atoms with Crippen LogP contribution in [-0.2, 0) is 7.05 Å². The van der Waals surface area contributed by atoms with Crippen molar-refractivity contribution in [2.45, 2.75) is 0 Å². The van der Waals surface area contributed by atoms with E-state index in [1.54, 1.807) is 31.9 Å². The summed E-state index contributed by atoms with van der Waals surface area (Å²) in [6, 6.07) is 5.38. The van der Waals surface area contributed by atoms with Gasteiger partial charge < -0.3 is 19.8 Å². The van der Waals surface area contributed by atoms with E-state index < -0.39 is 5.91 Å². The van der Waals surface area contributed by atoms with Crippen LogP contribution in [0.3, 0.4) is 0 Å². The molecule has 1 amide bonds. The Morgan fingerprint density at radius 3 is 2.29 bits per heavy atom. The Hall–Kier alpha value is -2.17. The number of carbonyl (C=O) groups excluding carboxylic acids is 1. The molecule has 0 radical (unpaired) electrons. The van der Waals surface area contributed by atoms with Crippen LogP contribution in [0.15, 0.2) is 18.2 Å². The van der Waals surface area contributed by atoms with E-state index in [9.17, 15) is 4.79 Å². The molecule has 5 nitrogen and oxygen atoms in total. The van der Waals surface area contributed by atoms with Gasteiger partial charge in [-0.2, -0.15) is 0 Å². The highest BCUT2D eigenvalue weighted by atomic mass is 16.5. The molecule has 0 fully saturated rings. The van der Waals surface area contributed by atoms with Gasteiger partial charge in [0.05, 0.1) is 19.7 Å². The van der Waals surface area contributed by atoms with E-state index in [4.69, 9.17) is 15.2 Å². The molecule has 1 aromatic heterocycles. The first kappa shape index (κ1) is 11.3. The topological polar surface area (TPSA) is 66.5 Å². The monoisotopic (exact) mass is 234 g/mol. The highest BCUT2D eigenvalue weighted by Gasteiger charge is 2.13. The summed E-state index contributed by atoms with van der Waals surface area (Å²) in [5.74, 6) is 0.792. The zero-order valence-electron chi connectivity index (χ0n) is 9.98. The smallest absolute Gasteiger partial charge is 0.265 e. The van der Waals surface area contributed by atoms with E-state index in [1.807, 2.05) is 12.1 Å². The van der Waals surface area contributed by atoms with Gasteiger partial charge in [-0.1, -0.05) is 0 Å². The number of primary amides is 1. The Morgan fingerprint density at radius 1 is 1.18 bits per heavy atom. The lowest BCUT2D eigenvalue weighted by Crippen LogP contribution is -2.14. The molecular formula is C12H14N2O3. The van der Waals surface area contributed by atoms with Crippen molar-refractivity contribution in [3.63, 3.8) is 0 Å². The van der Waals surface area contributed by atoms with Gasteiger partial charge in [-0.05, 0) is 12.1 Å². The molecule has 90 valence electrons. The van der Waals surface area contributed by atoms with E-state index in [1.165, 1.54) is 0 Å². The number of benzene rings is 1. The van der Waals surface area contributed by atoms with Gasteiger partial charge in [0.25, 0.3) is 5.91 Å². The SMILES string of the molecule is COc1cc2cc(C(N)=O)n(C)c2cc1OC. The summed E-state index contributed by atoms with van der Waals surface area (Å²) in [6.45, 7) is 0. The molecule has 17 heavy (non-hydrogen) atoms. The summed E-state index contributed by atoms with van der Waals surface area (Å²) in [4.78, 5) is 11.2. The maximum Gasteiger partial charge on any atom is 0.265 e. The molecule has 5 heteroatoms. The number of fused-ring (bicyclic) bond motifs is 1. The van der Waals surface area contributed by atoms with Crippen molar-refractivity contribution in [1.29, 1.82) is 0 Å². The van der Waals surface area contributed by atoms with Gasteiger partial charge >= 0.3 is 0 Å². The molecule has 2 N–H and O–H groups in total. The van der Waals surface area contributed by atoms with E-state index in [-0.39, 0.29) is 0 Å². The fourth-order valence-corrected chi connectivity index (χ4v) is 1.90. The van der Waals surface area contributed by atoms with Crippen molar-refractivity contribution in [3.05, 3.63) is 23.9 Å². The molecule has 0 unspecified atom stereocenters. The maximum atomic E-state index is 11.2. The fraction of sp³-hybridized carbons (Fsp3) is 0.250. The molecule has 1 aromatic carbocycles. The van der Waals surface area contributed by atoms with E-state index >= 15 is 0 Å². The van der Waals surface area contributed by atoms with E-state index in [2.05, 4.69) is 0 Å². The predicted octanol–water partition coefficient (Wildman–Crippen LogP) is 1.29. The van der Waals surface area contributed by atoms with Crippen LogP contribution in [0.4, 0.5) is 0 Å². The van der Waals surface area contributed by atoms with Crippen LogP contribution in [0.2, 0.25) is 0 Å². The number of nitrogens with zero attached hydrogens (tertiary/aromatic N) is 1. The summed E-state index contributed by atoms with van der Waals surface area (Å²) < 4.78 is 12.2. The largest absolute Gasteiger partial charge is 0.493 e. The van der Waals surface area contributed by atoms with Gasteiger partial charge in [-0.25, -0.2) is 0 Å². The van der Waals surface area contributed by atoms with Crippen molar-refractivity contribution in [3.8, 4) is 11.5 Å². The second kappa shape index (κ2) is 4.01. The normalized spacial score (nSPS) is 10.5. The second-order valence-electron chi connectivity index (χ2n) is 3.72. The number of aryl methyl sites for hydroxylation is 1. The third-order valence-corrected chi connectivity index (χ3v) is 2.80. The number of carbonyl (C=O) groups is 1. The third kappa shape index (κ3) is 1.69. The van der Waals surface area contributed by atoms with Gasteiger partial charge in [0.2, 0.25) is 0 Å². The molecular weight excluding hydrogens is 220 g/mol. The zero-order valence-corrected chi connectivity index (χ0v) is 9.98. The molecule has 2 rings (SSSR count). The number of amides is 1. The average Bonchev–Trinajstić information content (AvgIpc) is 2.64. The number of hydrogen-bond donors (Lipinski definition) is 1. The van der Waals surface area contributed by atoms with Crippen LogP contribution >= 0.6 is 0 Å². The summed E-state index contributed by atoms with van der Waals surface area (Å²) in [5, 5.41) is 0.888. The third-order valence-electron chi connectivity index (χ3n) is 2.80. The minimum Gasteiger partial charge on any atom is -0.493 e.